The molecule has 4 aromatic rings. The first-order chi connectivity index (χ1) is 53.6. The number of aliphatic hydroxyl groups excluding tert-OH is 1. The van der Waals surface area contributed by atoms with Gasteiger partial charge in [0.05, 0.1) is 55.4 Å². The SMILES string of the molecule is C.CC(C)(C)OC(=O)N1C[C@H](CO)C[C@H]1C(=O)O.COC(=O)N[C@H](C(=O)N1C[C@H](COc2ccnc(Br)c2)C[C@H]1C(=O)O)C(C)(C)C.COC(=O)N[C@H](C(=O)N1C[C@H](COc2ccnc(Br)c2)C[C@H]1C(=O)OC)C(C)(C)C.COC(=O)N[C@H](C(=O)O)C(C)(C)C.COC(=O)[C@@H]1C[C@@H](COc2ccnc(Br)c2)CN1.Clc1ccnc(Br)c1.[Li+].[OH-]. The fourth-order valence-electron chi connectivity index (χ4n) is 11.5. The van der Waals surface area contributed by atoms with Gasteiger partial charge >= 0.3 is 73.1 Å². The Labute approximate surface area is 738 Å². The monoisotopic (exact) mass is 1940 g/mol. The molecular weight excluding hydrogens is 1830 g/mol. The molecule has 0 aliphatic carbocycles. The number of methoxy groups -OCH3 is 5. The molecule has 4 saturated heterocycles. The Morgan fingerprint density at radius 2 is 0.831 bits per heavy atom. The number of carbonyl (C=O) groups excluding carboxylic acids is 8. The molecular formula is C76H111Br4ClLiN11O25. The fraction of sp³-hybridized carbons (Fsp3) is 0.592. The summed E-state index contributed by atoms with van der Waals surface area (Å²) in [4.78, 5) is 150. The standard InChI is InChI=1S/C20H28BrN3O6.C19H26BrN3O6.C12H15BrN2O3.C11H19NO5.C8H15NO4.C5H3BrClN.CH4.Li.H2O/c1-20(2,3)16(23-19(27)29-5)17(25)24-10-12(8-14(24)18(26)28-4)11-30-13-6-7-22-15(21)9-13;1-19(2,3)15(22-18(27)28-4)16(24)23-9-11(7-13(23)17(25)26)10-29-12-5-6-21-14(20)8-12;1-17-12(16)10-4-8(6-15-10)7-18-9-2-3-14-11(13)5-9;1-11(2,3)17-10(16)12-5-7(6-13)4-8(12)9(14)15;1-8(2,3)5(6(10)11)9-7(12)13-4;6-5-3-4(7)1-2-8-5;;;/h6-7,9,12,14,16H,8,10-11H2,1-5H3,(H,23,27);5-6,8,11,13,15H,7,9-10H2,1-4H3,(H,22,27)(H,25,26);2-3,5,8,10,15H,4,6-7H2,1H3;7-8,13H,4-6H2,1-3H3,(H,14,15);5H,1-4H3,(H,9,12)(H,10,11);1-3H;1H4;;1H2/q;;;;;;;+1;/p-1/t12-,14+,16-;11-,13+,15-;8-,10+;7-,8+;5-;;;;/m11111..../s1. The summed E-state index contributed by atoms with van der Waals surface area (Å²) in [7, 11) is 6.33. The zero-order valence-corrected chi connectivity index (χ0v) is 75.8. The molecule has 42 heteroatoms. The average molecular weight is 1940 g/mol. The molecule has 11 atom stereocenters. The van der Waals surface area contributed by atoms with E-state index >= 15 is 0 Å². The molecule has 4 fully saturated rings. The van der Waals surface area contributed by atoms with Crippen LogP contribution in [0.5, 0.6) is 17.2 Å². The number of aromatic nitrogens is 4. The van der Waals surface area contributed by atoms with Crippen molar-refractivity contribution >= 4 is 141 Å². The van der Waals surface area contributed by atoms with E-state index in [1.54, 1.807) is 123 Å². The second-order valence-electron chi connectivity index (χ2n) is 30.8. The molecule has 0 bridgehead atoms. The molecule has 4 aliphatic rings. The second kappa shape index (κ2) is 52.3. The zero-order valence-electron chi connectivity index (χ0n) is 68.7. The predicted molar refractivity (Wildman–Crippen MR) is 440 cm³/mol. The number of aliphatic hydroxyl groups is 1. The summed E-state index contributed by atoms with van der Waals surface area (Å²) >= 11 is 18.6. The van der Waals surface area contributed by atoms with Crippen LogP contribution in [0.15, 0.2) is 91.7 Å². The van der Waals surface area contributed by atoms with E-state index in [1.807, 2.05) is 32.9 Å². The summed E-state index contributed by atoms with van der Waals surface area (Å²) in [5.41, 5.74) is -2.42. The van der Waals surface area contributed by atoms with E-state index in [-0.39, 0.29) is 107 Å². The van der Waals surface area contributed by atoms with E-state index in [9.17, 15) is 57.8 Å². The molecule has 118 heavy (non-hydrogen) atoms. The summed E-state index contributed by atoms with van der Waals surface area (Å²) in [6.45, 7) is 23.8. The van der Waals surface area contributed by atoms with Gasteiger partial charge in [-0.1, -0.05) is 81.3 Å². The maximum absolute atomic E-state index is 13.3. The molecule has 0 aromatic carbocycles. The van der Waals surface area contributed by atoms with Crippen molar-refractivity contribution in [3.63, 3.8) is 0 Å². The summed E-state index contributed by atoms with van der Waals surface area (Å²) in [5, 5.41) is 47.6. The van der Waals surface area contributed by atoms with E-state index in [0.717, 1.165) is 27.9 Å². The van der Waals surface area contributed by atoms with E-state index in [2.05, 4.69) is 119 Å². The van der Waals surface area contributed by atoms with Crippen LogP contribution in [0.2, 0.25) is 5.02 Å². The molecule has 8 rings (SSSR count). The van der Waals surface area contributed by atoms with Gasteiger partial charge in [-0.2, -0.15) is 0 Å². The number of rotatable bonds is 20. The van der Waals surface area contributed by atoms with Crippen molar-refractivity contribution in [3.05, 3.63) is 96.8 Å². The Balaban J connectivity index is 0.00000144. The number of nitrogens with one attached hydrogen (secondary N) is 4. The van der Waals surface area contributed by atoms with Crippen LogP contribution >= 0.6 is 75.3 Å². The number of halogens is 5. The van der Waals surface area contributed by atoms with E-state index in [1.165, 1.54) is 50.2 Å². The van der Waals surface area contributed by atoms with Gasteiger partial charge in [0.15, 0.2) is 0 Å². The Morgan fingerprint density at radius 3 is 1.15 bits per heavy atom. The Morgan fingerprint density at radius 1 is 0.492 bits per heavy atom. The largest absolute Gasteiger partial charge is 1.00 e. The Bertz CT molecular complexity index is 3880. The number of aliphatic carboxylic acids is 3. The van der Waals surface area contributed by atoms with Crippen molar-refractivity contribution in [1.29, 1.82) is 0 Å². The number of ether oxygens (including phenoxy) is 9. The second-order valence-corrected chi connectivity index (χ2v) is 34.4. The van der Waals surface area contributed by atoms with Gasteiger partial charge in [-0.15, -0.1) is 0 Å². The molecule has 6 amide bonds. The minimum atomic E-state index is -1.08. The number of esters is 2. The number of hydrogen-bond acceptors (Lipinski definition) is 27. The summed E-state index contributed by atoms with van der Waals surface area (Å²) < 4.78 is 48.4. The number of nitrogens with zero attached hydrogens (tertiary/aromatic N) is 7. The number of carboxylic acid groups (broad SMARTS) is 3. The van der Waals surface area contributed by atoms with Crippen molar-refractivity contribution in [3.8, 4) is 17.2 Å². The molecule has 656 valence electrons. The minimum absolute atomic E-state index is 0. The van der Waals surface area contributed by atoms with E-state index < -0.39 is 112 Å². The van der Waals surface area contributed by atoms with Crippen LogP contribution in [0.1, 0.15) is 116 Å². The van der Waals surface area contributed by atoms with E-state index in [4.69, 9.17) is 55.3 Å². The van der Waals surface area contributed by atoms with Gasteiger partial charge in [0, 0.05) is 104 Å². The Kier molecular flexibility index (Phi) is 48.8. The van der Waals surface area contributed by atoms with Gasteiger partial charge < -0.3 is 99.6 Å². The third-order valence-corrected chi connectivity index (χ3v) is 19.3. The molecule has 0 radical (unpaired) electrons. The van der Waals surface area contributed by atoms with Crippen LogP contribution in [0.25, 0.3) is 0 Å². The van der Waals surface area contributed by atoms with Crippen molar-refractivity contribution in [2.45, 2.75) is 164 Å². The van der Waals surface area contributed by atoms with E-state index in [0.29, 0.717) is 57.8 Å². The van der Waals surface area contributed by atoms with Crippen molar-refractivity contribution in [2.24, 2.45) is 39.9 Å². The van der Waals surface area contributed by atoms with Gasteiger partial charge in [-0.25, -0.2) is 58.3 Å². The zero-order chi connectivity index (χ0) is 87.0. The number of hydrogen-bond donors (Lipinski definition) is 8. The first-order valence-corrected chi connectivity index (χ1v) is 39.5. The molecule has 0 unspecified atom stereocenters. The summed E-state index contributed by atoms with van der Waals surface area (Å²) in [5.74, 6) is -2.84. The van der Waals surface area contributed by atoms with Gasteiger partial charge in [-0.3, -0.25) is 19.3 Å². The Hall–Kier alpha value is -7.94. The van der Waals surface area contributed by atoms with Crippen LogP contribution in [0.4, 0.5) is 19.2 Å². The van der Waals surface area contributed by atoms with Gasteiger partial charge in [-0.05, 0) is 157 Å². The normalized spacial score (nSPS) is 19.1. The quantitative estimate of drug-likeness (QED) is 0.0183. The predicted octanol–water partition coefficient (Wildman–Crippen LogP) is 7.54. The number of alkyl carbamates (subject to hydrolysis) is 3. The molecule has 4 aromatic heterocycles. The third-order valence-electron chi connectivity index (χ3n) is 17.3. The summed E-state index contributed by atoms with van der Waals surface area (Å²) in [6, 6.07) is 8.42. The maximum atomic E-state index is 13.3. The van der Waals surface area contributed by atoms with Crippen LogP contribution in [0.3, 0.4) is 0 Å². The average Bonchev–Trinajstić information content (AvgIpc) is 1.64. The molecule has 36 nitrogen and oxygen atoms in total. The van der Waals surface area contributed by atoms with Crippen LogP contribution in [-0.4, -0.2) is 263 Å². The van der Waals surface area contributed by atoms with Gasteiger partial charge in [0.1, 0.15) is 83.6 Å². The number of carboxylic acids is 3. The summed E-state index contributed by atoms with van der Waals surface area (Å²) in [6.07, 6.45) is 5.41. The smallest absolute Gasteiger partial charge is 0.870 e. The number of likely N-dealkylation sites (tertiary alicyclic amines) is 3. The van der Waals surface area contributed by atoms with Gasteiger partial charge in [0.25, 0.3) is 0 Å². The third kappa shape index (κ3) is 38.6. The molecule has 0 spiro atoms. The van der Waals surface area contributed by atoms with Crippen LogP contribution in [-0.2, 0) is 62.0 Å². The van der Waals surface area contributed by atoms with Crippen molar-refractivity contribution in [2.75, 3.05) is 88.2 Å². The molecule has 0 saturated carbocycles. The fourth-order valence-corrected chi connectivity index (χ4v) is 13.2. The topological polar surface area (TPSA) is 491 Å². The maximum Gasteiger partial charge on any atom is 1.00 e. The van der Waals surface area contributed by atoms with Gasteiger partial charge in [0.2, 0.25) is 11.8 Å². The molecule has 8 heterocycles. The van der Waals surface area contributed by atoms with Crippen molar-refractivity contribution < 1.29 is 140 Å². The van der Waals surface area contributed by atoms with Crippen LogP contribution < -0.4 is 54.3 Å². The molecule has 9 N–H and O–H groups in total. The first-order valence-electron chi connectivity index (χ1n) is 35.9. The number of amides is 6. The molecule has 4 aliphatic heterocycles. The van der Waals surface area contributed by atoms with Crippen LogP contribution in [0, 0.1) is 39.9 Å². The minimum Gasteiger partial charge on any atom is -0.870 e. The number of pyridine rings is 4. The number of carbonyl (C=O) groups is 11. The first kappa shape index (κ1) is 110. The van der Waals surface area contributed by atoms with Crippen molar-refractivity contribution in [1.82, 2.24) is 55.9 Å².